The molecule has 2 aromatic rings. The van der Waals surface area contributed by atoms with Crippen LogP contribution in [0.25, 0.3) is 0 Å². The largest absolute Gasteiger partial charge is 0.465 e. The minimum Gasteiger partial charge on any atom is -0.465 e. The summed E-state index contributed by atoms with van der Waals surface area (Å²) in [6.07, 6.45) is 1.27. The van der Waals surface area contributed by atoms with E-state index in [1.54, 1.807) is 24.3 Å². The van der Waals surface area contributed by atoms with Gasteiger partial charge in [0, 0.05) is 12.2 Å². The summed E-state index contributed by atoms with van der Waals surface area (Å²) in [6, 6.07) is 10.9. The van der Waals surface area contributed by atoms with Crippen LogP contribution in [0.2, 0.25) is 0 Å². The Morgan fingerprint density at radius 3 is 2.54 bits per heavy atom. The van der Waals surface area contributed by atoms with Crippen LogP contribution in [-0.4, -0.2) is 32.1 Å². The van der Waals surface area contributed by atoms with Crippen LogP contribution in [-0.2, 0) is 11.2 Å². The van der Waals surface area contributed by atoms with Crippen molar-refractivity contribution >= 4 is 17.6 Å². The molecule has 0 N–H and O–H groups in total. The number of alkyl halides is 2. The van der Waals surface area contributed by atoms with E-state index in [-0.39, 0.29) is 11.3 Å². The summed E-state index contributed by atoms with van der Waals surface area (Å²) in [5.74, 6) is -1.11. The fourth-order valence-electron chi connectivity index (χ4n) is 3.12. The van der Waals surface area contributed by atoms with Crippen LogP contribution in [0.4, 0.5) is 14.5 Å². The predicted molar refractivity (Wildman–Crippen MR) is 90.9 cm³/mol. The van der Waals surface area contributed by atoms with E-state index < -0.39 is 18.5 Å². The Labute approximate surface area is 149 Å². The number of fused-ring (bicyclic) bond motifs is 1. The van der Waals surface area contributed by atoms with E-state index in [0.717, 1.165) is 0 Å². The molecule has 0 aliphatic carbocycles. The third-order valence-corrected chi connectivity index (χ3v) is 4.23. The fraction of sp³-hybridized carbons (Fsp3) is 0.263. The molecule has 3 rings (SSSR count). The Morgan fingerprint density at radius 2 is 1.81 bits per heavy atom. The third kappa shape index (κ3) is 3.37. The van der Waals surface area contributed by atoms with E-state index in [1.807, 2.05) is 0 Å². The van der Waals surface area contributed by atoms with Crippen molar-refractivity contribution < 1.29 is 27.8 Å². The summed E-state index contributed by atoms with van der Waals surface area (Å²) in [5.41, 5.74) is 1.74. The van der Waals surface area contributed by atoms with Gasteiger partial charge in [-0.2, -0.15) is 8.78 Å². The van der Waals surface area contributed by atoms with Gasteiger partial charge in [-0.15, -0.1) is 0 Å². The van der Waals surface area contributed by atoms with Crippen molar-refractivity contribution in [2.45, 2.75) is 19.5 Å². The number of amides is 1. The van der Waals surface area contributed by atoms with E-state index in [2.05, 4.69) is 4.74 Å². The molecule has 0 saturated heterocycles. The number of anilines is 1. The normalized spacial score (nSPS) is 13.3. The van der Waals surface area contributed by atoms with Crippen LogP contribution < -0.4 is 9.64 Å². The molecule has 1 aliphatic rings. The molecule has 0 atom stereocenters. The molecule has 0 radical (unpaired) electrons. The lowest BCUT2D eigenvalue weighted by Crippen LogP contribution is -2.36. The molecule has 0 fully saturated rings. The van der Waals surface area contributed by atoms with Crippen LogP contribution in [0.1, 0.15) is 32.7 Å². The van der Waals surface area contributed by atoms with Crippen molar-refractivity contribution in [2.24, 2.45) is 0 Å². The Kier molecular flexibility index (Phi) is 5.16. The van der Waals surface area contributed by atoms with Crippen molar-refractivity contribution in [1.29, 1.82) is 0 Å². The molecule has 0 unspecified atom stereocenters. The zero-order valence-corrected chi connectivity index (χ0v) is 14.1. The lowest BCUT2D eigenvalue weighted by Gasteiger charge is -2.31. The molecule has 0 bridgehead atoms. The van der Waals surface area contributed by atoms with Gasteiger partial charge in [-0.3, -0.25) is 4.79 Å². The second-order valence-corrected chi connectivity index (χ2v) is 5.73. The van der Waals surface area contributed by atoms with E-state index >= 15 is 0 Å². The number of halogens is 2. The van der Waals surface area contributed by atoms with Crippen LogP contribution in [0.5, 0.6) is 5.75 Å². The van der Waals surface area contributed by atoms with Gasteiger partial charge in [0.05, 0.1) is 18.2 Å². The molecule has 0 aromatic heterocycles. The zero-order chi connectivity index (χ0) is 18.7. The monoisotopic (exact) mass is 361 g/mol. The highest BCUT2D eigenvalue weighted by Gasteiger charge is 2.28. The van der Waals surface area contributed by atoms with Crippen molar-refractivity contribution in [2.75, 3.05) is 18.6 Å². The molecule has 7 heteroatoms. The number of hydrogen-bond donors (Lipinski definition) is 0. The van der Waals surface area contributed by atoms with E-state index in [0.29, 0.717) is 36.2 Å². The Balaban J connectivity index is 2.01. The lowest BCUT2D eigenvalue weighted by atomic mass is 9.95. The Morgan fingerprint density at radius 1 is 1.08 bits per heavy atom. The average molecular weight is 361 g/mol. The second-order valence-electron chi connectivity index (χ2n) is 5.73. The quantitative estimate of drug-likeness (QED) is 0.780. The Hall–Kier alpha value is -2.96. The van der Waals surface area contributed by atoms with Crippen LogP contribution >= 0.6 is 0 Å². The molecule has 5 nitrogen and oxygen atoms in total. The second kappa shape index (κ2) is 7.51. The SMILES string of the molecule is COC(=O)c1cccc2c1CCCN2C(=O)c1ccccc1OC(F)F. The van der Waals surface area contributed by atoms with E-state index in [1.165, 1.54) is 30.2 Å². The number of ether oxygens (including phenoxy) is 2. The van der Waals surface area contributed by atoms with Gasteiger partial charge in [0.15, 0.2) is 0 Å². The number of rotatable bonds is 4. The maximum atomic E-state index is 13.0. The summed E-state index contributed by atoms with van der Waals surface area (Å²) in [4.78, 5) is 26.5. The van der Waals surface area contributed by atoms with Gasteiger partial charge in [0.2, 0.25) is 0 Å². The van der Waals surface area contributed by atoms with Gasteiger partial charge in [-0.25, -0.2) is 4.79 Å². The number of carbonyl (C=O) groups excluding carboxylic acids is 2. The lowest BCUT2D eigenvalue weighted by molar-refractivity contribution is -0.0501. The van der Waals surface area contributed by atoms with Gasteiger partial charge in [-0.05, 0) is 42.7 Å². The summed E-state index contributed by atoms with van der Waals surface area (Å²) >= 11 is 0. The number of benzene rings is 2. The standard InChI is InChI=1S/C19H17F2NO4/c1-25-18(24)13-7-4-9-15-12(13)8-5-11-22(15)17(23)14-6-2-3-10-16(14)26-19(20)21/h2-4,6-7,9-10,19H,5,8,11H2,1H3. The summed E-state index contributed by atoms with van der Waals surface area (Å²) < 4.78 is 34.5. The number of methoxy groups -OCH3 is 1. The molecule has 0 saturated carbocycles. The first-order valence-electron chi connectivity index (χ1n) is 8.09. The average Bonchev–Trinajstić information content (AvgIpc) is 2.66. The molecule has 0 spiro atoms. The smallest absolute Gasteiger partial charge is 0.387 e. The zero-order valence-electron chi connectivity index (χ0n) is 14.1. The maximum Gasteiger partial charge on any atom is 0.387 e. The highest BCUT2D eigenvalue weighted by Crippen LogP contribution is 2.33. The van der Waals surface area contributed by atoms with Gasteiger partial charge in [0.1, 0.15) is 5.75 Å². The number of carbonyl (C=O) groups is 2. The molecule has 26 heavy (non-hydrogen) atoms. The number of esters is 1. The number of hydrogen-bond acceptors (Lipinski definition) is 4. The van der Waals surface area contributed by atoms with E-state index in [9.17, 15) is 18.4 Å². The maximum absolute atomic E-state index is 13.0. The van der Waals surface area contributed by atoms with Crippen molar-refractivity contribution in [3.05, 3.63) is 59.2 Å². The highest BCUT2D eigenvalue weighted by molar-refractivity contribution is 6.09. The molecular weight excluding hydrogens is 344 g/mol. The van der Waals surface area contributed by atoms with Crippen LogP contribution in [0, 0.1) is 0 Å². The molecular formula is C19H17F2NO4. The molecule has 1 heterocycles. The van der Waals surface area contributed by atoms with Gasteiger partial charge < -0.3 is 14.4 Å². The van der Waals surface area contributed by atoms with Crippen molar-refractivity contribution in [1.82, 2.24) is 0 Å². The summed E-state index contributed by atoms with van der Waals surface area (Å²) in [5, 5.41) is 0. The van der Waals surface area contributed by atoms with Gasteiger partial charge in [-0.1, -0.05) is 18.2 Å². The van der Waals surface area contributed by atoms with Crippen molar-refractivity contribution in [3.63, 3.8) is 0 Å². The minimum atomic E-state index is -3.02. The topological polar surface area (TPSA) is 55.8 Å². The first kappa shape index (κ1) is 17.8. The first-order chi connectivity index (χ1) is 12.5. The van der Waals surface area contributed by atoms with E-state index in [4.69, 9.17) is 4.74 Å². The van der Waals surface area contributed by atoms with Gasteiger partial charge >= 0.3 is 12.6 Å². The van der Waals surface area contributed by atoms with Crippen molar-refractivity contribution in [3.8, 4) is 5.75 Å². The third-order valence-electron chi connectivity index (χ3n) is 4.23. The van der Waals surface area contributed by atoms with Crippen LogP contribution in [0.15, 0.2) is 42.5 Å². The molecule has 1 aliphatic heterocycles. The summed E-state index contributed by atoms with van der Waals surface area (Å²) in [7, 11) is 1.30. The Bertz CT molecular complexity index is 838. The molecule has 1 amide bonds. The summed E-state index contributed by atoms with van der Waals surface area (Å²) in [6.45, 7) is -2.61. The number of para-hydroxylation sites is 1. The van der Waals surface area contributed by atoms with Crippen LogP contribution in [0.3, 0.4) is 0 Å². The fourth-order valence-corrected chi connectivity index (χ4v) is 3.12. The highest BCUT2D eigenvalue weighted by atomic mass is 19.3. The number of nitrogens with zero attached hydrogens (tertiary/aromatic N) is 1. The first-order valence-corrected chi connectivity index (χ1v) is 8.09. The minimum absolute atomic E-state index is 0.0455. The molecule has 2 aromatic carbocycles. The predicted octanol–water partition coefficient (Wildman–Crippen LogP) is 3.67. The molecule has 136 valence electrons. The van der Waals surface area contributed by atoms with Gasteiger partial charge in [0.25, 0.3) is 5.91 Å².